The smallest absolute Gasteiger partial charge is 0.404 e. The van der Waals surface area contributed by atoms with Gasteiger partial charge in [0, 0.05) is 24.5 Å². The number of sulfonamides is 1. The highest BCUT2D eigenvalue weighted by Gasteiger charge is 2.37. The van der Waals surface area contributed by atoms with Crippen LogP contribution in [0.2, 0.25) is 0 Å². The summed E-state index contributed by atoms with van der Waals surface area (Å²) >= 11 is 0. The predicted molar refractivity (Wildman–Crippen MR) is 118 cm³/mol. The molecule has 3 rings (SSSR count). The van der Waals surface area contributed by atoms with Crippen LogP contribution in [0.25, 0.3) is 0 Å². The molecule has 1 aliphatic carbocycles. The number of hydrogen-bond acceptors (Lipinski definition) is 5. The van der Waals surface area contributed by atoms with Crippen molar-refractivity contribution in [1.82, 2.24) is 10.6 Å². The Balaban J connectivity index is 1.64. The highest BCUT2D eigenvalue weighted by Crippen LogP contribution is 2.40. The van der Waals surface area contributed by atoms with E-state index in [2.05, 4.69) is 10.6 Å². The van der Waals surface area contributed by atoms with Crippen LogP contribution in [-0.4, -0.2) is 39.3 Å². The van der Waals surface area contributed by atoms with Crippen molar-refractivity contribution in [3.63, 3.8) is 0 Å². The van der Waals surface area contributed by atoms with E-state index in [1.807, 2.05) is 24.3 Å². The van der Waals surface area contributed by atoms with Crippen LogP contribution in [0, 0.1) is 0 Å². The number of amides is 1. The minimum Gasteiger partial charge on any atom is -0.497 e. The first kappa shape index (κ1) is 23.1. The van der Waals surface area contributed by atoms with Gasteiger partial charge in [-0.1, -0.05) is 24.3 Å². The molecule has 0 radical (unpaired) electrons. The monoisotopic (exact) mass is 447 g/mol. The summed E-state index contributed by atoms with van der Waals surface area (Å²) < 4.78 is 28.1. The summed E-state index contributed by atoms with van der Waals surface area (Å²) in [5, 5.41) is 20.4. The Labute approximate surface area is 182 Å². The maximum atomic E-state index is 11.4. The van der Waals surface area contributed by atoms with Crippen LogP contribution in [0.4, 0.5) is 4.79 Å². The van der Waals surface area contributed by atoms with E-state index < -0.39 is 16.1 Å². The van der Waals surface area contributed by atoms with E-state index in [1.54, 1.807) is 19.2 Å². The Kier molecular flexibility index (Phi) is 7.19. The lowest BCUT2D eigenvalue weighted by atomic mass is 9.68. The molecule has 0 aliphatic heterocycles. The van der Waals surface area contributed by atoms with E-state index in [4.69, 9.17) is 15.0 Å². The molecule has 168 valence electrons. The van der Waals surface area contributed by atoms with Gasteiger partial charge in [0.1, 0.15) is 5.75 Å². The molecule has 0 saturated heterocycles. The van der Waals surface area contributed by atoms with Crippen LogP contribution in [0.15, 0.2) is 53.4 Å². The zero-order chi connectivity index (χ0) is 22.5. The summed E-state index contributed by atoms with van der Waals surface area (Å²) in [7, 11) is -2.07. The second-order valence-electron chi connectivity index (χ2n) is 8.02. The molecule has 5 N–H and O–H groups in total. The van der Waals surface area contributed by atoms with E-state index in [0.29, 0.717) is 19.1 Å². The standard InChI is InChI=1S/C22H29N3O5S/c1-30-19-4-2-3-17(13-19)22(15-25-21(26)27)11-9-18(10-12-22)24-14-16-5-7-20(8-6-16)31(23,28)29/h2-8,13,18,24-25H,9-12,14-15H2,1H3,(H,26,27)(H2,23,28,29)/t18-,22-. The molecule has 0 aromatic heterocycles. The molecule has 1 aliphatic rings. The summed E-state index contributed by atoms with van der Waals surface area (Å²) in [4.78, 5) is 11.3. The number of benzene rings is 2. The van der Waals surface area contributed by atoms with Crippen molar-refractivity contribution in [2.24, 2.45) is 5.14 Å². The SMILES string of the molecule is COc1cccc([C@]2(CNC(=O)O)CC[C@@H](NCc3ccc(S(N)(=O)=O)cc3)CC2)c1. The fraction of sp³-hybridized carbons (Fsp3) is 0.409. The molecule has 1 fully saturated rings. The molecule has 1 saturated carbocycles. The Bertz CT molecular complexity index is 1000. The van der Waals surface area contributed by atoms with Gasteiger partial charge in [-0.25, -0.2) is 18.4 Å². The van der Waals surface area contributed by atoms with Crippen LogP contribution in [0.5, 0.6) is 5.75 Å². The molecular formula is C22H29N3O5S. The summed E-state index contributed by atoms with van der Waals surface area (Å²) in [6, 6.07) is 14.7. The number of methoxy groups -OCH3 is 1. The average molecular weight is 448 g/mol. The first-order chi connectivity index (χ1) is 14.7. The normalized spacial score (nSPS) is 21.4. The van der Waals surface area contributed by atoms with Crippen LogP contribution in [-0.2, 0) is 22.0 Å². The third-order valence-electron chi connectivity index (χ3n) is 6.05. The second-order valence-corrected chi connectivity index (χ2v) is 9.58. The number of rotatable bonds is 8. The molecule has 0 atom stereocenters. The van der Waals surface area contributed by atoms with E-state index in [0.717, 1.165) is 42.6 Å². The van der Waals surface area contributed by atoms with Crippen LogP contribution in [0.3, 0.4) is 0 Å². The van der Waals surface area contributed by atoms with Gasteiger partial charge in [0.15, 0.2) is 0 Å². The van der Waals surface area contributed by atoms with Crippen molar-refractivity contribution in [3.05, 3.63) is 59.7 Å². The van der Waals surface area contributed by atoms with Crippen molar-refractivity contribution >= 4 is 16.1 Å². The number of carboxylic acid groups (broad SMARTS) is 1. The van der Waals surface area contributed by atoms with Crippen molar-refractivity contribution in [2.45, 2.75) is 48.6 Å². The van der Waals surface area contributed by atoms with Gasteiger partial charge < -0.3 is 20.5 Å². The summed E-state index contributed by atoms with van der Waals surface area (Å²) in [5.74, 6) is 0.760. The van der Waals surface area contributed by atoms with Crippen LogP contribution < -0.4 is 20.5 Å². The van der Waals surface area contributed by atoms with Gasteiger partial charge in [-0.15, -0.1) is 0 Å². The van der Waals surface area contributed by atoms with Gasteiger partial charge in [-0.05, 0) is 61.1 Å². The number of hydrogen-bond donors (Lipinski definition) is 4. The lowest BCUT2D eigenvalue weighted by molar-refractivity contribution is 0.182. The molecule has 1 amide bonds. The fourth-order valence-electron chi connectivity index (χ4n) is 4.20. The Morgan fingerprint density at radius 1 is 1.19 bits per heavy atom. The molecule has 31 heavy (non-hydrogen) atoms. The van der Waals surface area contributed by atoms with Crippen molar-refractivity contribution in [3.8, 4) is 5.75 Å². The number of nitrogens with two attached hydrogens (primary N) is 1. The zero-order valence-corrected chi connectivity index (χ0v) is 18.3. The van der Waals surface area contributed by atoms with E-state index >= 15 is 0 Å². The largest absolute Gasteiger partial charge is 0.497 e. The van der Waals surface area contributed by atoms with Crippen LogP contribution in [0.1, 0.15) is 36.8 Å². The van der Waals surface area contributed by atoms with Gasteiger partial charge in [0.25, 0.3) is 0 Å². The molecular weight excluding hydrogens is 418 g/mol. The molecule has 8 nitrogen and oxygen atoms in total. The quantitative estimate of drug-likeness (QED) is 0.492. The Morgan fingerprint density at radius 3 is 2.45 bits per heavy atom. The summed E-state index contributed by atoms with van der Waals surface area (Å²) in [6.07, 6.45) is 2.44. The number of nitrogens with one attached hydrogen (secondary N) is 2. The van der Waals surface area contributed by atoms with E-state index in [1.165, 1.54) is 12.1 Å². The molecule has 9 heteroatoms. The Morgan fingerprint density at radius 2 is 1.87 bits per heavy atom. The van der Waals surface area contributed by atoms with Gasteiger partial charge >= 0.3 is 6.09 Å². The topological polar surface area (TPSA) is 131 Å². The second kappa shape index (κ2) is 9.67. The summed E-state index contributed by atoms with van der Waals surface area (Å²) in [6.45, 7) is 0.979. The minimum absolute atomic E-state index is 0.0999. The molecule has 2 aromatic rings. The first-order valence-corrected chi connectivity index (χ1v) is 11.7. The summed E-state index contributed by atoms with van der Waals surface area (Å²) in [5.41, 5.74) is 1.78. The predicted octanol–water partition coefficient (Wildman–Crippen LogP) is 2.58. The van der Waals surface area contributed by atoms with Crippen molar-refractivity contribution < 1.29 is 23.1 Å². The lowest BCUT2D eigenvalue weighted by Gasteiger charge is -2.41. The molecule has 2 aromatic carbocycles. The zero-order valence-electron chi connectivity index (χ0n) is 17.5. The van der Waals surface area contributed by atoms with Gasteiger partial charge in [-0.2, -0.15) is 0 Å². The molecule has 0 bridgehead atoms. The maximum Gasteiger partial charge on any atom is 0.404 e. The molecule has 0 unspecified atom stereocenters. The highest BCUT2D eigenvalue weighted by atomic mass is 32.2. The Hall–Kier alpha value is -2.62. The minimum atomic E-state index is -3.69. The third-order valence-corrected chi connectivity index (χ3v) is 6.98. The van der Waals surface area contributed by atoms with Crippen LogP contribution >= 0.6 is 0 Å². The van der Waals surface area contributed by atoms with Gasteiger partial charge in [0.2, 0.25) is 10.0 Å². The maximum absolute atomic E-state index is 11.4. The molecule has 0 heterocycles. The number of carbonyl (C=O) groups is 1. The van der Waals surface area contributed by atoms with Gasteiger partial charge in [-0.3, -0.25) is 0 Å². The third kappa shape index (κ3) is 5.96. The van der Waals surface area contributed by atoms with E-state index in [9.17, 15) is 13.2 Å². The fourth-order valence-corrected chi connectivity index (χ4v) is 4.71. The number of ether oxygens (including phenoxy) is 1. The van der Waals surface area contributed by atoms with Crippen molar-refractivity contribution in [1.29, 1.82) is 0 Å². The molecule has 0 spiro atoms. The highest BCUT2D eigenvalue weighted by molar-refractivity contribution is 7.89. The van der Waals surface area contributed by atoms with E-state index in [-0.39, 0.29) is 10.3 Å². The number of primary sulfonamides is 1. The average Bonchev–Trinajstić information content (AvgIpc) is 2.77. The van der Waals surface area contributed by atoms with Crippen molar-refractivity contribution in [2.75, 3.05) is 13.7 Å². The van der Waals surface area contributed by atoms with Gasteiger partial charge in [0.05, 0.1) is 12.0 Å². The lowest BCUT2D eigenvalue weighted by Crippen LogP contribution is -2.46. The first-order valence-electron chi connectivity index (χ1n) is 10.2.